The fraction of sp³-hybridized carbons (Fsp3) is 0.636. The Morgan fingerprint density at radius 3 is 2.75 bits per heavy atom. The molecule has 0 spiro atoms. The van der Waals surface area contributed by atoms with Crippen LogP contribution in [0.4, 0.5) is 13.2 Å². The lowest BCUT2D eigenvalue weighted by molar-refractivity contribution is -0.136. The van der Waals surface area contributed by atoms with E-state index in [1.54, 1.807) is 12.4 Å². The van der Waals surface area contributed by atoms with Crippen molar-refractivity contribution in [3.8, 4) is 0 Å². The average Bonchev–Trinajstić information content (AvgIpc) is 2.58. The van der Waals surface area contributed by atoms with E-state index >= 15 is 0 Å². The summed E-state index contributed by atoms with van der Waals surface area (Å²) >= 11 is 0. The maximum Gasteiger partial charge on any atom is 0.390 e. The summed E-state index contributed by atoms with van der Waals surface area (Å²) in [5.41, 5.74) is 1.79. The van der Waals surface area contributed by atoms with Crippen molar-refractivity contribution in [2.24, 2.45) is 0 Å². The van der Waals surface area contributed by atoms with E-state index in [9.17, 15) is 18.3 Å². The number of aliphatic hydroxyl groups is 1. The molecule has 1 aromatic rings. The molecule has 0 bridgehead atoms. The fourth-order valence-electron chi connectivity index (χ4n) is 2.11. The average molecular weight is 233 g/mol. The number of alkyl halides is 3. The summed E-state index contributed by atoms with van der Waals surface area (Å²) < 4.78 is 37.7. The molecule has 0 saturated carbocycles. The molecular formula is C11H14F3NO. The molecule has 5 heteroatoms. The number of fused-ring (bicyclic) bond motifs is 1. The summed E-state index contributed by atoms with van der Waals surface area (Å²) in [6.07, 6.45) is 0.379. The lowest BCUT2D eigenvalue weighted by Gasteiger charge is -2.16. The second kappa shape index (κ2) is 4.13. The summed E-state index contributed by atoms with van der Waals surface area (Å²) in [6.45, 7) is -0.0663. The van der Waals surface area contributed by atoms with Gasteiger partial charge in [0, 0.05) is 24.5 Å². The first-order valence-corrected chi connectivity index (χ1v) is 5.39. The van der Waals surface area contributed by atoms with Gasteiger partial charge in [-0.2, -0.15) is 13.2 Å². The number of aryl methyl sites for hydroxylation is 2. The molecule has 1 atom stereocenters. The smallest absolute Gasteiger partial charge is 0.388 e. The third-order valence-corrected chi connectivity index (χ3v) is 2.93. The first-order chi connectivity index (χ1) is 7.46. The van der Waals surface area contributed by atoms with Crippen LogP contribution in [0, 0.1) is 0 Å². The maximum atomic E-state index is 12.0. The van der Waals surface area contributed by atoms with Crippen molar-refractivity contribution in [1.82, 2.24) is 4.57 Å². The fourth-order valence-corrected chi connectivity index (χ4v) is 2.11. The van der Waals surface area contributed by atoms with Crippen LogP contribution in [-0.2, 0) is 13.0 Å². The quantitative estimate of drug-likeness (QED) is 0.834. The van der Waals surface area contributed by atoms with E-state index in [0.717, 1.165) is 24.0 Å². The van der Waals surface area contributed by atoms with Crippen molar-refractivity contribution in [2.75, 3.05) is 0 Å². The number of hydrogen-bond donors (Lipinski definition) is 1. The van der Waals surface area contributed by atoms with Crippen LogP contribution in [0.2, 0.25) is 0 Å². The van der Waals surface area contributed by atoms with E-state index in [4.69, 9.17) is 0 Å². The van der Waals surface area contributed by atoms with Crippen LogP contribution < -0.4 is 0 Å². The number of rotatable bonds is 2. The summed E-state index contributed by atoms with van der Waals surface area (Å²) in [4.78, 5) is 0. The predicted octanol–water partition coefficient (Wildman–Crippen LogP) is 2.81. The van der Waals surface area contributed by atoms with Gasteiger partial charge >= 0.3 is 6.18 Å². The molecular weight excluding hydrogens is 219 g/mol. The zero-order chi connectivity index (χ0) is 11.8. The SMILES string of the molecule is OC1CCCc2cn(CCC(F)(F)F)cc21. The van der Waals surface area contributed by atoms with Crippen LogP contribution in [0.25, 0.3) is 0 Å². The van der Waals surface area contributed by atoms with Gasteiger partial charge in [-0.3, -0.25) is 0 Å². The number of nitrogens with zero attached hydrogens (tertiary/aromatic N) is 1. The maximum absolute atomic E-state index is 12.0. The highest BCUT2D eigenvalue weighted by Gasteiger charge is 2.27. The number of halogens is 3. The molecule has 0 amide bonds. The molecule has 0 aliphatic heterocycles. The van der Waals surface area contributed by atoms with E-state index in [-0.39, 0.29) is 6.54 Å². The third-order valence-electron chi connectivity index (χ3n) is 2.93. The molecule has 1 heterocycles. The summed E-state index contributed by atoms with van der Waals surface area (Å²) in [6, 6.07) is 0. The highest BCUT2D eigenvalue weighted by atomic mass is 19.4. The van der Waals surface area contributed by atoms with Crippen LogP contribution >= 0.6 is 0 Å². The first-order valence-electron chi connectivity index (χ1n) is 5.39. The van der Waals surface area contributed by atoms with Crippen LogP contribution in [-0.4, -0.2) is 15.8 Å². The van der Waals surface area contributed by atoms with E-state index in [0.29, 0.717) is 6.42 Å². The van der Waals surface area contributed by atoms with Gasteiger partial charge in [-0.15, -0.1) is 0 Å². The zero-order valence-electron chi connectivity index (χ0n) is 8.80. The Bertz CT molecular complexity index is 370. The molecule has 1 aromatic heterocycles. The van der Waals surface area contributed by atoms with Crippen molar-refractivity contribution < 1.29 is 18.3 Å². The largest absolute Gasteiger partial charge is 0.390 e. The minimum absolute atomic E-state index is 0.0663. The minimum atomic E-state index is -4.12. The molecule has 0 fully saturated rings. The van der Waals surface area contributed by atoms with Crippen LogP contribution in [0.1, 0.15) is 36.5 Å². The molecule has 1 aliphatic rings. The monoisotopic (exact) mass is 233 g/mol. The van der Waals surface area contributed by atoms with Crippen molar-refractivity contribution in [3.05, 3.63) is 23.5 Å². The van der Waals surface area contributed by atoms with Gasteiger partial charge in [0.05, 0.1) is 12.5 Å². The molecule has 90 valence electrons. The Labute approximate surface area is 91.7 Å². The van der Waals surface area contributed by atoms with E-state index in [1.807, 2.05) is 0 Å². The summed E-state index contributed by atoms with van der Waals surface area (Å²) in [7, 11) is 0. The summed E-state index contributed by atoms with van der Waals surface area (Å²) in [5.74, 6) is 0. The van der Waals surface area contributed by atoms with Crippen molar-refractivity contribution >= 4 is 0 Å². The molecule has 1 N–H and O–H groups in total. The molecule has 0 radical (unpaired) electrons. The molecule has 1 unspecified atom stereocenters. The number of aromatic nitrogens is 1. The van der Waals surface area contributed by atoms with E-state index in [1.165, 1.54) is 4.57 Å². The van der Waals surface area contributed by atoms with Crippen LogP contribution in [0.5, 0.6) is 0 Å². The van der Waals surface area contributed by atoms with Crippen LogP contribution in [0.15, 0.2) is 12.4 Å². The lowest BCUT2D eigenvalue weighted by atomic mass is 9.93. The van der Waals surface area contributed by atoms with E-state index < -0.39 is 18.7 Å². The highest BCUT2D eigenvalue weighted by Crippen LogP contribution is 2.30. The van der Waals surface area contributed by atoms with Gasteiger partial charge in [0.2, 0.25) is 0 Å². The summed E-state index contributed by atoms with van der Waals surface area (Å²) in [5, 5.41) is 9.67. The van der Waals surface area contributed by atoms with E-state index in [2.05, 4.69) is 0 Å². The number of aliphatic hydroxyl groups excluding tert-OH is 1. The van der Waals surface area contributed by atoms with Gasteiger partial charge in [0.15, 0.2) is 0 Å². The Kier molecular flexibility index (Phi) is 2.97. The Balaban J connectivity index is 2.07. The lowest BCUT2D eigenvalue weighted by Crippen LogP contribution is -2.11. The second-order valence-corrected chi connectivity index (χ2v) is 4.25. The zero-order valence-corrected chi connectivity index (χ0v) is 8.80. The molecule has 2 rings (SSSR count). The van der Waals surface area contributed by atoms with Crippen molar-refractivity contribution in [3.63, 3.8) is 0 Å². The van der Waals surface area contributed by atoms with Crippen molar-refractivity contribution in [2.45, 2.75) is 44.5 Å². The van der Waals surface area contributed by atoms with Crippen molar-refractivity contribution in [1.29, 1.82) is 0 Å². The minimum Gasteiger partial charge on any atom is -0.388 e. The molecule has 0 aromatic carbocycles. The van der Waals surface area contributed by atoms with Gasteiger partial charge in [-0.05, 0) is 24.8 Å². The third kappa shape index (κ3) is 2.58. The Morgan fingerprint density at radius 2 is 2.12 bits per heavy atom. The van der Waals surface area contributed by atoms with Gasteiger partial charge < -0.3 is 9.67 Å². The van der Waals surface area contributed by atoms with Crippen LogP contribution in [0.3, 0.4) is 0 Å². The predicted molar refractivity (Wildman–Crippen MR) is 53.0 cm³/mol. The number of hydrogen-bond acceptors (Lipinski definition) is 1. The van der Waals surface area contributed by atoms with Gasteiger partial charge in [0.25, 0.3) is 0 Å². The topological polar surface area (TPSA) is 25.2 Å². The highest BCUT2D eigenvalue weighted by molar-refractivity contribution is 5.28. The second-order valence-electron chi connectivity index (χ2n) is 4.25. The Morgan fingerprint density at radius 1 is 1.38 bits per heavy atom. The standard InChI is InChI=1S/C11H14F3NO/c12-11(13,14)4-5-15-6-8-2-1-3-10(16)9(8)7-15/h6-7,10,16H,1-5H2. The molecule has 1 aliphatic carbocycles. The first kappa shape index (κ1) is 11.5. The van der Waals surface area contributed by atoms with Gasteiger partial charge in [-0.1, -0.05) is 0 Å². The normalized spacial score (nSPS) is 20.9. The molecule has 2 nitrogen and oxygen atoms in total. The van der Waals surface area contributed by atoms with Gasteiger partial charge in [-0.25, -0.2) is 0 Å². The molecule has 16 heavy (non-hydrogen) atoms. The van der Waals surface area contributed by atoms with Gasteiger partial charge in [0.1, 0.15) is 0 Å². The Hall–Kier alpha value is -0.970. The molecule has 0 saturated heterocycles.